The molecule has 92 valence electrons. The summed E-state index contributed by atoms with van der Waals surface area (Å²) in [7, 11) is 0.400. The summed E-state index contributed by atoms with van der Waals surface area (Å²) in [6.45, 7) is 8.74. The van der Waals surface area contributed by atoms with E-state index in [-0.39, 0.29) is 12.7 Å². The third kappa shape index (κ3) is 8.72. The second kappa shape index (κ2) is 7.67. The van der Waals surface area contributed by atoms with Crippen molar-refractivity contribution in [3.05, 3.63) is 11.6 Å². The number of ether oxygens (including phenoxy) is 1. The number of aliphatic hydroxyl groups excluding tert-OH is 1. The fourth-order valence-corrected chi connectivity index (χ4v) is 1.69. The van der Waals surface area contributed by atoms with Crippen LogP contribution in [0.5, 0.6) is 0 Å². The van der Waals surface area contributed by atoms with Crippen molar-refractivity contribution in [2.45, 2.75) is 45.5 Å². The van der Waals surface area contributed by atoms with Crippen LogP contribution in [0.1, 0.15) is 19.8 Å². The minimum absolute atomic E-state index is 0.0227. The van der Waals surface area contributed by atoms with Crippen molar-refractivity contribution >= 4 is 8.07 Å². The number of hydrogen-bond donors (Lipinski definition) is 1. The SMILES string of the molecule is CO[C@H](C#C[Si](C)(C)C)CC/C=C(/C)CO. The first-order chi connectivity index (χ1) is 7.39. The number of hydrogen-bond acceptors (Lipinski definition) is 2. The summed E-state index contributed by atoms with van der Waals surface area (Å²) in [4.78, 5) is 0. The molecule has 0 aliphatic heterocycles. The van der Waals surface area contributed by atoms with E-state index in [1.807, 2.05) is 13.0 Å². The Morgan fingerprint density at radius 1 is 1.44 bits per heavy atom. The molecule has 1 atom stereocenters. The molecule has 3 heteroatoms. The first-order valence-corrected chi connectivity index (χ1v) is 9.21. The first-order valence-electron chi connectivity index (χ1n) is 5.71. The van der Waals surface area contributed by atoms with E-state index < -0.39 is 8.07 Å². The van der Waals surface area contributed by atoms with Crippen LogP contribution < -0.4 is 0 Å². The molecule has 0 saturated heterocycles. The Kier molecular flexibility index (Phi) is 7.40. The van der Waals surface area contributed by atoms with Gasteiger partial charge in [-0.05, 0) is 19.8 Å². The molecule has 0 aliphatic carbocycles. The third-order valence-electron chi connectivity index (χ3n) is 2.06. The zero-order valence-corrected chi connectivity index (χ0v) is 12.1. The Labute approximate surface area is 101 Å². The summed E-state index contributed by atoms with van der Waals surface area (Å²) < 4.78 is 5.32. The highest BCUT2D eigenvalue weighted by Gasteiger charge is 2.09. The van der Waals surface area contributed by atoms with Gasteiger partial charge in [0.2, 0.25) is 0 Å². The molecule has 0 aromatic heterocycles. The second-order valence-corrected chi connectivity index (χ2v) is 9.78. The second-order valence-electron chi connectivity index (χ2n) is 5.03. The number of methoxy groups -OCH3 is 1. The van der Waals surface area contributed by atoms with E-state index >= 15 is 0 Å². The van der Waals surface area contributed by atoms with Crippen molar-refractivity contribution in [3.8, 4) is 11.5 Å². The molecule has 0 fully saturated rings. The van der Waals surface area contributed by atoms with Crippen LogP contribution in [0, 0.1) is 11.5 Å². The lowest BCUT2D eigenvalue weighted by Gasteiger charge is -2.09. The molecular weight excluding hydrogens is 216 g/mol. The van der Waals surface area contributed by atoms with Crippen LogP contribution in [0.25, 0.3) is 0 Å². The topological polar surface area (TPSA) is 29.5 Å². The maximum absolute atomic E-state index is 8.85. The molecule has 0 unspecified atom stereocenters. The molecule has 0 radical (unpaired) electrons. The standard InChI is InChI=1S/C13H24O2Si/c1-12(11-14)7-6-8-13(15-2)9-10-16(3,4)5/h7,13-14H,6,8,11H2,1-5H3/b12-7-/t13-/m0/s1. The molecule has 0 aromatic carbocycles. The first kappa shape index (κ1) is 15.4. The van der Waals surface area contributed by atoms with Gasteiger partial charge >= 0.3 is 0 Å². The van der Waals surface area contributed by atoms with Crippen LogP contribution in [0.2, 0.25) is 19.6 Å². The summed E-state index contributed by atoms with van der Waals surface area (Å²) in [5, 5.41) is 8.85. The van der Waals surface area contributed by atoms with Crippen molar-refractivity contribution in [1.82, 2.24) is 0 Å². The monoisotopic (exact) mass is 240 g/mol. The Morgan fingerprint density at radius 2 is 2.06 bits per heavy atom. The molecule has 0 saturated carbocycles. The molecule has 0 heterocycles. The average molecular weight is 240 g/mol. The Morgan fingerprint density at radius 3 is 2.50 bits per heavy atom. The van der Waals surface area contributed by atoms with E-state index in [4.69, 9.17) is 9.84 Å². The van der Waals surface area contributed by atoms with Gasteiger partial charge in [0.25, 0.3) is 0 Å². The molecule has 0 aliphatic rings. The fraction of sp³-hybridized carbons (Fsp3) is 0.692. The predicted octanol–water partition coefficient (Wildman–Crippen LogP) is 2.60. The average Bonchev–Trinajstić information content (AvgIpc) is 2.21. The van der Waals surface area contributed by atoms with Gasteiger partial charge in [0, 0.05) is 7.11 Å². The molecule has 0 amide bonds. The van der Waals surface area contributed by atoms with Crippen LogP contribution in [-0.4, -0.2) is 33.0 Å². The van der Waals surface area contributed by atoms with Gasteiger partial charge in [0.15, 0.2) is 0 Å². The summed E-state index contributed by atoms with van der Waals surface area (Å²) in [6.07, 6.45) is 3.87. The highest BCUT2D eigenvalue weighted by Crippen LogP contribution is 2.05. The van der Waals surface area contributed by atoms with E-state index in [0.717, 1.165) is 18.4 Å². The number of aliphatic hydroxyl groups is 1. The summed E-state index contributed by atoms with van der Waals surface area (Å²) in [5.41, 5.74) is 4.33. The van der Waals surface area contributed by atoms with Gasteiger partial charge in [-0.2, -0.15) is 0 Å². The zero-order chi connectivity index (χ0) is 12.6. The molecule has 0 aromatic rings. The van der Waals surface area contributed by atoms with Gasteiger partial charge in [0.1, 0.15) is 14.2 Å². The molecule has 2 nitrogen and oxygen atoms in total. The molecule has 0 bridgehead atoms. The minimum atomic E-state index is -1.30. The third-order valence-corrected chi connectivity index (χ3v) is 2.96. The lowest BCUT2D eigenvalue weighted by Crippen LogP contribution is -2.18. The van der Waals surface area contributed by atoms with Crippen LogP contribution in [0.15, 0.2) is 11.6 Å². The molecule has 16 heavy (non-hydrogen) atoms. The van der Waals surface area contributed by atoms with Crippen molar-refractivity contribution < 1.29 is 9.84 Å². The van der Waals surface area contributed by atoms with Gasteiger partial charge in [-0.1, -0.05) is 37.2 Å². The van der Waals surface area contributed by atoms with Crippen molar-refractivity contribution in [2.75, 3.05) is 13.7 Å². The maximum atomic E-state index is 8.85. The van der Waals surface area contributed by atoms with Crippen LogP contribution in [0.4, 0.5) is 0 Å². The van der Waals surface area contributed by atoms with Gasteiger partial charge in [-0.3, -0.25) is 0 Å². The van der Waals surface area contributed by atoms with E-state index in [2.05, 4.69) is 31.1 Å². The van der Waals surface area contributed by atoms with Crippen LogP contribution >= 0.6 is 0 Å². The summed E-state index contributed by atoms with van der Waals surface area (Å²) in [6, 6.07) is 0. The maximum Gasteiger partial charge on any atom is 0.129 e. The highest BCUT2D eigenvalue weighted by atomic mass is 28.3. The minimum Gasteiger partial charge on any atom is -0.392 e. The van der Waals surface area contributed by atoms with Gasteiger partial charge in [0.05, 0.1) is 6.61 Å². The van der Waals surface area contributed by atoms with Crippen molar-refractivity contribution in [3.63, 3.8) is 0 Å². The van der Waals surface area contributed by atoms with Crippen LogP contribution in [0.3, 0.4) is 0 Å². The number of allylic oxidation sites excluding steroid dienone is 1. The zero-order valence-electron chi connectivity index (χ0n) is 11.1. The van der Waals surface area contributed by atoms with Gasteiger partial charge < -0.3 is 9.84 Å². The summed E-state index contributed by atoms with van der Waals surface area (Å²) >= 11 is 0. The highest BCUT2D eigenvalue weighted by molar-refractivity contribution is 6.83. The summed E-state index contributed by atoms with van der Waals surface area (Å²) in [5.74, 6) is 3.20. The van der Waals surface area contributed by atoms with E-state index in [1.165, 1.54) is 0 Å². The molecule has 1 N–H and O–H groups in total. The quantitative estimate of drug-likeness (QED) is 0.455. The molecular formula is C13H24O2Si. The van der Waals surface area contributed by atoms with Crippen molar-refractivity contribution in [2.24, 2.45) is 0 Å². The number of rotatable bonds is 5. The largest absolute Gasteiger partial charge is 0.392 e. The normalized spacial score (nSPS) is 14.2. The Balaban J connectivity index is 4.16. The molecule has 0 rings (SSSR count). The van der Waals surface area contributed by atoms with E-state index in [9.17, 15) is 0 Å². The van der Waals surface area contributed by atoms with E-state index in [0.29, 0.717) is 0 Å². The Bertz CT molecular complexity index is 279. The molecule has 0 spiro atoms. The fourth-order valence-electron chi connectivity index (χ4n) is 1.09. The van der Waals surface area contributed by atoms with Crippen molar-refractivity contribution in [1.29, 1.82) is 0 Å². The lowest BCUT2D eigenvalue weighted by atomic mass is 10.1. The predicted molar refractivity (Wildman–Crippen MR) is 72.0 cm³/mol. The van der Waals surface area contributed by atoms with Crippen LogP contribution in [-0.2, 0) is 4.74 Å². The lowest BCUT2D eigenvalue weighted by molar-refractivity contribution is 0.142. The Hall–Kier alpha value is -0.563. The smallest absolute Gasteiger partial charge is 0.129 e. The van der Waals surface area contributed by atoms with Gasteiger partial charge in [-0.25, -0.2) is 0 Å². The van der Waals surface area contributed by atoms with E-state index in [1.54, 1.807) is 7.11 Å². The van der Waals surface area contributed by atoms with Gasteiger partial charge in [-0.15, -0.1) is 5.54 Å².